The fourth-order valence-electron chi connectivity index (χ4n) is 2.25. The van der Waals surface area contributed by atoms with E-state index < -0.39 is 5.82 Å². The number of nitrogens with two attached hydrogens (primary N) is 1. The Morgan fingerprint density at radius 1 is 1.52 bits per heavy atom. The molecule has 21 heavy (non-hydrogen) atoms. The number of hydrogen-bond donors (Lipinski definition) is 2. The third-order valence-corrected chi connectivity index (χ3v) is 3.88. The molecule has 0 spiro atoms. The molecule has 0 heterocycles. The molecule has 5 nitrogen and oxygen atoms in total. The van der Waals surface area contributed by atoms with Crippen molar-refractivity contribution in [3.05, 3.63) is 34.6 Å². The summed E-state index contributed by atoms with van der Waals surface area (Å²) in [5.74, 6) is -0.890. The molecule has 0 aromatic heterocycles. The summed E-state index contributed by atoms with van der Waals surface area (Å²) in [7, 11) is 0. The first-order valence-electron chi connectivity index (χ1n) is 6.67. The van der Waals surface area contributed by atoms with E-state index in [4.69, 9.17) is 17.3 Å². The lowest BCUT2D eigenvalue weighted by Gasteiger charge is -2.38. The van der Waals surface area contributed by atoms with E-state index >= 15 is 0 Å². The molecule has 0 radical (unpaired) electrons. The fraction of sp³-hybridized carbons (Fsp3) is 0.429. The van der Waals surface area contributed by atoms with Gasteiger partial charge in [0.15, 0.2) is 0 Å². The zero-order chi connectivity index (χ0) is 15.4. The highest BCUT2D eigenvalue weighted by Gasteiger charge is 2.31. The molecule has 1 fully saturated rings. The maximum Gasteiger partial charge on any atom is 0.239 e. The predicted octanol–water partition coefficient (Wildman–Crippen LogP) is 1.04. The number of hydrogen-bond acceptors (Lipinski definition) is 3. The molecule has 0 aliphatic heterocycles. The van der Waals surface area contributed by atoms with Crippen LogP contribution in [0.3, 0.4) is 0 Å². The lowest BCUT2D eigenvalue weighted by atomic mass is 9.86. The first-order chi connectivity index (χ1) is 10.0. The van der Waals surface area contributed by atoms with Crippen molar-refractivity contribution >= 4 is 23.9 Å². The summed E-state index contributed by atoms with van der Waals surface area (Å²) >= 11 is 5.66. The Morgan fingerprint density at radius 3 is 2.86 bits per heavy atom. The van der Waals surface area contributed by atoms with Crippen LogP contribution in [-0.2, 0) is 16.1 Å². The minimum Gasteiger partial charge on any atom is -0.350 e. The Balaban J connectivity index is 1.84. The smallest absolute Gasteiger partial charge is 0.239 e. The first-order valence-corrected chi connectivity index (χ1v) is 7.05. The zero-order valence-electron chi connectivity index (χ0n) is 11.4. The van der Waals surface area contributed by atoms with Crippen LogP contribution in [0.15, 0.2) is 18.2 Å². The third kappa shape index (κ3) is 3.92. The summed E-state index contributed by atoms with van der Waals surface area (Å²) in [6, 6.07) is 4.72. The minimum atomic E-state index is -0.545. The van der Waals surface area contributed by atoms with E-state index in [1.807, 2.05) is 0 Å². The molecular formula is C14H17ClFN3O2. The molecule has 0 unspecified atom stereocenters. The molecule has 3 N–H and O–H groups in total. The van der Waals surface area contributed by atoms with Crippen molar-refractivity contribution in [2.24, 2.45) is 5.73 Å². The van der Waals surface area contributed by atoms with Crippen LogP contribution >= 0.6 is 11.6 Å². The van der Waals surface area contributed by atoms with Crippen LogP contribution in [0.2, 0.25) is 5.02 Å². The Morgan fingerprint density at radius 2 is 2.24 bits per heavy atom. The molecule has 1 saturated carbocycles. The molecule has 114 valence electrons. The Kier molecular flexibility index (Phi) is 5.14. The van der Waals surface area contributed by atoms with Gasteiger partial charge in [0, 0.05) is 24.2 Å². The van der Waals surface area contributed by atoms with Crippen molar-refractivity contribution in [2.45, 2.75) is 31.5 Å². The molecule has 0 atom stereocenters. The molecule has 1 aliphatic carbocycles. The van der Waals surface area contributed by atoms with Gasteiger partial charge in [-0.2, -0.15) is 0 Å². The Labute approximate surface area is 127 Å². The van der Waals surface area contributed by atoms with E-state index in [1.165, 1.54) is 11.0 Å². The lowest BCUT2D eigenvalue weighted by Crippen LogP contribution is -2.52. The monoisotopic (exact) mass is 313 g/mol. The van der Waals surface area contributed by atoms with Gasteiger partial charge in [-0.1, -0.05) is 23.7 Å². The van der Waals surface area contributed by atoms with Gasteiger partial charge in [-0.05, 0) is 18.9 Å². The average molecular weight is 314 g/mol. The largest absolute Gasteiger partial charge is 0.350 e. The second-order valence-corrected chi connectivity index (χ2v) is 5.56. The molecule has 1 aromatic rings. The number of nitrogens with zero attached hydrogens (tertiary/aromatic N) is 1. The average Bonchev–Trinajstić information content (AvgIpc) is 2.43. The minimum absolute atomic E-state index is 0.0136. The molecular weight excluding hydrogens is 297 g/mol. The topological polar surface area (TPSA) is 75.4 Å². The summed E-state index contributed by atoms with van der Waals surface area (Å²) in [5.41, 5.74) is 5.97. The first kappa shape index (κ1) is 15.7. The number of rotatable bonds is 6. The predicted molar refractivity (Wildman–Crippen MR) is 77.0 cm³/mol. The van der Waals surface area contributed by atoms with Crippen molar-refractivity contribution in [2.75, 3.05) is 6.54 Å². The van der Waals surface area contributed by atoms with E-state index in [9.17, 15) is 14.0 Å². The number of amides is 2. The maximum absolute atomic E-state index is 13.7. The highest BCUT2D eigenvalue weighted by Crippen LogP contribution is 2.22. The van der Waals surface area contributed by atoms with Gasteiger partial charge in [-0.15, -0.1) is 0 Å². The number of halogens is 2. The normalized spacial score (nSPS) is 20.5. The van der Waals surface area contributed by atoms with Gasteiger partial charge in [0.1, 0.15) is 5.82 Å². The summed E-state index contributed by atoms with van der Waals surface area (Å²) < 4.78 is 13.7. The quantitative estimate of drug-likeness (QED) is 0.771. The lowest BCUT2D eigenvalue weighted by molar-refractivity contribution is -0.131. The van der Waals surface area contributed by atoms with Gasteiger partial charge in [0.25, 0.3) is 0 Å². The van der Waals surface area contributed by atoms with Gasteiger partial charge in [-0.25, -0.2) is 4.39 Å². The number of carbonyl (C=O) groups excluding carboxylic acids is 2. The van der Waals surface area contributed by atoms with Gasteiger partial charge >= 0.3 is 0 Å². The van der Waals surface area contributed by atoms with Gasteiger partial charge in [-0.3, -0.25) is 9.59 Å². The highest BCUT2D eigenvalue weighted by atomic mass is 35.5. The fourth-order valence-corrected chi connectivity index (χ4v) is 2.45. The Bertz CT molecular complexity index is 535. The number of nitrogens with one attached hydrogen (secondary N) is 1. The van der Waals surface area contributed by atoms with Crippen LogP contribution in [0.4, 0.5) is 4.39 Å². The van der Waals surface area contributed by atoms with Gasteiger partial charge in [0.2, 0.25) is 12.3 Å². The van der Waals surface area contributed by atoms with Gasteiger partial charge < -0.3 is 16.0 Å². The zero-order valence-corrected chi connectivity index (χ0v) is 12.1. The molecule has 7 heteroatoms. The molecule has 1 aliphatic rings. The molecule has 0 bridgehead atoms. The van der Waals surface area contributed by atoms with E-state index in [1.54, 1.807) is 12.1 Å². The van der Waals surface area contributed by atoms with Crippen LogP contribution in [0.25, 0.3) is 0 Å². The van der Waals surface area contributed by atoms with Crippen molar-refractivity contribution in [3.63, 3.8) is 0 Å². The molecule has 2 amide bonds. The van der Waals surface area contributed by atoms with Crippen LogP contribution in [0, 0.1) is 5.82 Å². The maximum atomic E-state index is 13.7. The van der Waals surface area contributed by atoms with Crippen LogP contribution in [0.5, 0.6) is 0 Å². The van der Waals surface area contributed by atoms with Crippen LogP contribution < -0.4 is 11.1 Å². The van der Waals surface area contributed by atoms with Crippen LogP contribution in [-0.4, -0.2) is 35.8 Å². The number of benzene rings is 1. The van der Waals surface area contributed by atoms with Crippen molar-refractivity contribution in [1.29, 1.82) is 0 Å². The standard InChI is InChI=1S/C14H17ClFN3O2/c15-12-3-1-2-9(14(12)16)6-18-13(21)7-19(8-20)11-4-10(17)5-11/h1-3,8,10-11H,4-7,17H2,(H,18,21). The second-order valence-electron chi connectivity index (χ2n) is 5.15. The molecule has 1 aromatic carbocycles. The van der Waals surface area contributed by atoms with Crippen LogP contribution in [0.1, 0.15) is 18.4 Å². The van der Waals surface area contributed by atoms with E-state index in [0.29, 0.717) is 24.8 Å². The summed E-state index contributed by atoms with van der Waals surface area (Å²) in [6.07, 6.45) is 2.06. The summed E-state index contributed by atoms with van der Waals surface area (Å²) in [6.45, 7) is -0.0226. The SMILES string of the molecule is NC1CC(N(C=O)CC(=O)NCc2cccc(Cl)c2F)C1. The van der Waals surface area contributed by atoms with E-state index in [2.05, 4.69) is 5.32 Å². The summed E-state index contributed by atoms with van der Waals surface area (Å²) in [4.78, 5) is 24.2. The summed E-state index contributed by atoms with van der Waals surface area (Å²) in [5, 5.41) is 2.59. The van der Waals surface area contributed by atoms with Crippen molar-refractivity contribution in [1.82, 2.24) is 10.2 Å². The Hall–Kier alpha value is -1.66. The van der Waals surface area contributed by atoms with Gasteiger partial charge in [0.05, 0.1) is 11.6 Å². The highest BCUT2D eigenvalue weighted by molar-refractivity contribution is 6.30. The van der Waals surface area contributed by atoms with E-state index in [-0.39, 0.29) is 36.1 Å². The number of carbonyl (C=O) groups is 2. The van der Waals surface area contributed by atoms with E-state index in [0.717, 1.165) is 0 Å². The molecule has 0 saturated heterocycles. The molecule has 2 rings (SSSR count). The third-order valence-electron chi connectivity index (χ3n) is 3.59. The van der Waals surface area contributed by atoms with Crippen molar-refractivity contribution < 1.29 is 14.0 Å². The van der Waals surface area contributed by atoms with Crippen molar-refractivity contribution in [3.8, 4) is 0 Å². The second kappa shape index (κ2) is 6.87.